The van der Waals surface area contributed by atoms with Gasteiger partial charge in [-0.2, -0.15) is 0 Å². The molecule has 13 heavy (non-hydrogen) atoms. The molecule has 0 amide bonds. The maximum Gasteiger partial charge on any atom is 0.0639 e. The third-order valence-corrected chi connectivity index (χ3v) is 2.51. The van der Waals surface area contributed by atoms with E-state index < -0.39 is 0 Å². The molecule has 0 bridgehead atoms. The Kier molecular flexibility index (Phi) is 6.61. The van der Waals surface area contributed by atoms with Crippen LogP contribution in [0.4, 0.5) is 0 Å². The largest absolute Gasteiger partial charge is 0.392 e. The van der Waals surface area contributed by atoms with Gasteiger partial charge in [0.25, 0.3) is 0 Å². The van der Waals surface area contributed by atoms with Crippen LogP contribution < -0.4 is 0 Å². The van der Waals surface area contributed by atoms with E-state index in [0.29, 0.717) is 0 Å². The molecule has 0 aromatic rings. The van der Waals surface area contributed by atoms with E-state index >= 15 is 0 Å². The first-order chi connectivity index (χ1) is 6.15. The zero-order valence-corrected chi connectivity index (χ0v) is 9.35. The number of allylic oxidation sites excluding steroid dienone is 3. The van der Waals surface area contributed by atoms with Crippen molar-refractivity contribution in [1.29, 1.82) is 0 Å². The molecule has 0 fully saturated rings. The van der Waals surface area contributed by atoms with Crippen molar-refractivity contribution in [3.8, 4) is 0 Å². The predicted octanol–water partition coefficient (Wildman–Crippen LogP) is 3.45. The smallest absolute Gasteiger partial charge is 0.0639 e. The SMILES string of the molecule is CC/C(C)=C(\CC)C/C=C(/C)CO. The van der Waals surface area contributed by atoms with Crippen LogP contribution in [0.2, 0.25) is 0 Å². The van der Waals surface area contributed by atoms with E-state index in [-0.39, 0.29) is 6.61 Å². The standard InChI is InChI=1S/C12H22O/c1-5-11(4)12(6-2)8-7-10(3)9-13/h7,13H,5-6,8-9H2,1-4H3/b10-7-,12-11+. The molecule has 0 unspecified atom stereocenters. The first kappa shape index (κ1) is 12.4. The highest BCUT2D eigenvalue weighted by atomic mass is 16.3. The molecule has 0 saturated heterocycles. The van der Waals surface area contributed by atoms with Gasteiger partial charge in [0.05, 0.1) is 6.61 Å². The Morgan fingerprint density at radius 1 is 1.15 bits per heavy atom. The third kappa shape index (κ3) is 4.89. The lowest BCUT2D eigenvalue weighted by Gasteiger charge is -2.06. The van der Waals surface area contributed by atoms with E-state index in [4.69, 9.17) is 5.11 Å². The van der Waals surface area contributed by atoms with Crippen molar-refractivity contribution in [2.24, 2.45) is 0 Å². The number of aliphatic hydroxyl groups is 1. The fraction of sp³-hybridized carbons (Fsp3) is 0.667. The van der Waals surface area contributed by atoms with Gasteiger partial charge in [-0.25, -0.2) is 0 Å². The summed E-state index contributed by atoms with van der Waals surface area (Å²) in [5.41, 5.74) is 4.06. The van der Waals surface area contributed by atoms with E-state index in [2.05, 4.69) is 26.8 Å². The van der Waals surface area contributed by atoms with Crippen molar-refractivity contribution in [3.05, 3.63) is 22.8 Å². The Morgan fingerprint density at radius 2 is 1.77 bits per heavy atom. The Hall–Kier alpha value is -0.560. The lowest BCUT2D eigenvalue weighted by molar-refractivity contribution is 0.331. The van der Waals surface area contributed by atoms with Gasteiger partial charge in [0.15, 0.2) is 0 Å². The summed E-state index contributed by atoms with van der Waals surface area (Å²) >= 11 is 0. The average Bonchev–Trinajstić information content (AvgIpc) is 2.17. The number of aliphatic hydroxyl groups excluding tert-OH is 1. The summed E-state index contributed by atoms with van der Waals surface area (Å²) in [6, 6.07) is 0. The highest BCUT2D eigenvalue weighted by Gasteiger charge is 1.97. The van der Waals surface area contributed by atoms with Crippen molar-refractivity contribution in [2.75, 3.05) is 6.61 Å². The Labute approximate surface area is 82.2 Å². The minimum atomic E-state index is 0.183. The summed E-state index contributed by atoms with van der Waals surface area (Å²) in [4.78, 5) is 0. The predicted molar refractivity (Wildman–Crippen MR) is 58.7 cm³/mol. The molecule has 76 valence electrons. The Morgan fingerprint density at radius 3 is 2.15 bits per heavy atom. The molecule has 0 aromatic heterocycles. The number of hydrogen-bond acceptors (Lipinski definition) is 1. The lowest BCUT2D eigenvalue weighted by Crippen LogP contribution is -1.88. The maximum atomic E-state index is 8.83. The van der Waals surface area contributed by atoms with Crippen LogP contribution in [0.25, 0.3) is 0 Å². The van der Waals surface area contributed by atoms with E-state index in [1.807, 2.05) is 6.92 Å². The van der Waals surface area contributed by atoms with Gasteiger partial charge in [0.2, 0.25) is 0 Å². The van der Waals surface area contributed by atoms with E-state index in [0.717, 1.165) is 24.8 Å². The second-order valence-corrected chi connectivity index (χ2v) is 3.50. The second-order valence-electron chi connectivity index (χ2n) is 3.50. The van der Waals surface area contributed by atoms with Gasteiger partial charge < -0.3 is 5.11 Å². The first-order valence-electron chi connectivity index (χ1n) is 5.09. The molecule has 0 spiro atoms. The molecule has 1 nitrogen and oxygen atoms in total. The average molecular weight is 182 g/mol. The quantitative estimate of drug-likeness (QED) is 0.646. The fourth-order valence-electron chi connectivity index (χ4n) is 1.23. The van der Waals surface area contributed by atoms with Crippen molar-refractivity contribution in [3.63, 3.8) is 0 Å². The molecule has 0 saturated carbocycles. The topological polar surface area (TPSA) is 20.2 Å². The first-order valence-corrected chi connectivity index (χ1v) is 5.09. The summed E-state index contributed by atoms with van der Waals surface area (Å²) in [7, 11) is 0. The van der Waals surface area contributed by atoms with Crippen LogP contribution in [-0.4, -0.2) is 11.7 Å². The van der Waals surface area contributed by atoms with E-state index in [1.165, 1.54) is 11.1 Å². The Bertz CT molecular complexity index is 199. The zero-order chi connectivity index (χ0) is 10.3. The Balaban J connectivity index is 4.31. The molecule has 1 heteroatoms. The lowest BCUT2D eigenvalue weighted by atomic mass is 10.0. The summed E-state index contributed by atoms with van der Waals surface area (Å²) in [5, 5.41) is 8.83. The molecule has 1 N–H and O–H groups in total. The second kappa shape index (κ2) is 6.90. The van der Waals surface area contributed by atoms with Crippen LogP contribution in [0.1, 0.15) is 47.0 Å². The summed E-state index contributed by atoms with van der Waals surface area (Å²) in [5.74, 6) is 0. The van der Waals surface area contributed by atoms with Gasteiger partial charge in [-0.15, -0.1) is 0 Å². The minimum absolute atomic E-state index is 0.183. The van der Waals surface area contributed by atoms with E-state index in [9.17, 15) is 0 Å². The molecule has 0 aliphatic carbocycles. The van der Waals surface area contributed by atoms with Crippen LogP contribution in [0, 0.1) is 0 Å². The maximum absolute atomic E-state index is 8.83. The van der Waals surface area contributed by atoms with Gasteiger partial charge in [0.1, 0.15) is 0 Å². The van der Waals surface area contributed by atoms with Gasteiger partial charge in [-0.3, -0.25) is 0 Å². The van der Waals surface area contributed by atoms with Gasteiger partial charge >= 0.3 is 0 Å². The molecule has 0 aliphatic rings. The molecule has 0 rings (SSSR count). The summed E-state index contributed by atoms with van der Waals surface area (Å²) < 4.78 is 0. The third-order valence-electron chi connectivity index (χ3n) is 2.51. The van der Waals surface area contributed by atoms with Crippen LogP contribution >= 0.6 is 0 Å². The van der Waals surface area contributed by atoms with Gasteiger partial charge in [-0.05, 0) is 33.1 Å². The normalized spacial score (nSPS) is 14.4. The minimum Gasteiger partial charge on any atom is -0.392 e. The van der Waals surface area contributed by atoms with Crippen molar-refractivity contribution < 1.29 is 5.11 Å². The van der Waals surface area contributed by atoms with Gasteiger partial charge in [0, 0.05) is 0 Å². The molecular formula is C12H22O. The van der Waals surface area contributed by atoms with Crippen molar-refractivity contribution in [1.82, 2.24) is 0 Å². The van der Waals surface area contributed by atoms with Crippen molar-refractivity contribution in [2.45, 2.75) is 47.0 Å². The highest BCUT2D eigenvalue weighted by Crippen LogP contribution is 2.16. The summed E-state index contributed by atoms with van der Waals surface area (Å²) in [6.45, 7) is 8.72. The van der Waals surface area contributed by atoms with E-state index in [1.54, 1.807) is 0 Å². The fourth-order valence-corrected chi connectivity index (χ4v) is 1.23. The molecule has 0 heterocycles. The highest BCUT2D eigenvalue weighted by molar-refractivity contribution is 5.16. The molecule has 0 radical (unpaired) electrons. The number of hydrogen-bond donors (Lipinski definition) is 1. The van der Waals surface area contributed by atoms with Gasteiger partial charge in [-0.1, -0.05) is 36.6 Å². The van der Waals surface area contributed by atoms with Crippen LogP contribution in [-0.2, 0) is 0 Å². The number of rotatable bonds is 5. The molecule has 0 aromatic carbocycles. The van der Waals surface area contributed by atoms with Crippen LogP contribution in [0.15, 0.2) is 22.8 Å². The monoisotopic (exact) mass is 182 g/mol. The van der Waals surface area contributed by atoms with Crippen LogP contribution in [0.5, 0.6) is 0 Å². The molecule has 0 aliphatic heterocycles. The van der Waals surface area contributed by atoms with Crippen LogP contribution in [0.3, 0.4) is 0 Å². The van der Waals surface area contributed by atoms with Crippen molar-refractivity contribution >= 4 is 0 Å². The zero-order valence-electron chi connectivity index (χ0n) is 9.35. The summed E-state index contributed by atoms with van der Waals surface area (Å²) in [6.07, 6.45) is 5.38. The molecular weight excluding hydrogens is 160 g/mol. The molecule has 0 atom stereocenters.